The van der Waals surface area contributed by atoms with E-state index in [0.717, 1.165) is 51.4 Å². The summed E-state index contributed by atoms with van der Waals surface area (Å²) in [5.74, 6) is -1.10. The highest BCUT2D eigenvalue weighted by Gasteiger charge is 2.25. The van der Waals surface area contributed by atoms with E-state index in [0.29, 0.717) is 5.92 Å². The Hall–Kier alpha value is -1.10. The van der Waals surface area contributed by atoms with E-state index in [1.165, 1.54) is 0 Å². The third-order valence-electron chi connectivity index (χ3n) is 4.33. The SMILES string of the molecule is CCC(O)(CC)C(C)C.O=C(O)CCCCCCCCC(=O)O. The molecule has 0 heterocycles. The van der Waals surface area contributed by atoms with Gasteiger partial charge in [0.15, 0.2) is 0 Å². The summed E-state index contributed by atoms with van der Waals surface area (Å²) in [5.41, 5.74) is -0.417. The second kappa shape index (κ2) is 14.5. The van der Waals surface area contributed by atoms with Gasteiger partial charge in [0.25, 0.3) is 0 Å². The fraction of sp³-hybridized carbons (Fsp3) is 0.889. The topological polar surface area (TPSA) is 94.8 Å². The van der Waals surface area contributed by atoms with Gasteiger partial charge >= 0.3 is 11.9 Å². The maximum absolute atomic E-state index is 10.1. The number of carboxylic acids is 2. The van der Waals surface area contributed by atoms with Crippen molar-refractivity contribution in [2.24, 2.45) is 5.92 Å². The van der Waals surface area contributed by atoms with Crippen LogP contribution in [0.3, 0.4) is 0 Å². The van der Waals surface area contributed by atoms with Gasteiger partial charge in [0, 0.05) is 12.8 Å². The maximum atomic E-state index is 10.1. The van der Waals surface area contributed by atoms with Gasteiger partial charge in [-0.3, -0.25) is 9.59 Å². The van der Waals surface area contributed by atoms with Gasteiger partial charge < -0.3 is 15.3 Å². The van der Waals surface area contributed by atoms with E-state index in [-0.39, 0.29) is 12.8 Å². The zero-order valence-electron chi connectivity index (χ0n) is 15.3. The van der Waals surface area contributed by atoms with Crippen molar-refractivity contribution in [2.45, 2.75) is 97.5 Å². The van der Waals surface area contributed by atoms with Crippen molar-refractivity contribution in [1.82, 2.24) is 0 Å². The van der Waals surface area contributed by atoms with Crippen LogP contribution in [-0.4, -0.2) is 32.9 Å². The highest BCUT2D eigenvalue weighted by Crippen LogP contribution is 2.23. The molecule has 0 spiro atoms. The molecule has 0 amide bonds. The minimum Gasteiger partial charge on any atom is -0.481 e. The van der Waals surface area contributed by atoms with E-state index in [4.69, 9.17) is 10.2 Å². The lowest BCUT2D eigenvalue weighted by atomic mass is 9.86. The summed E-state index contributed by atoms with van der Waals surface area (Å²) in [5, 5.41) is 26.4. The van der Waals surface area contributed by atoms with Crippen molar-refractivity contribution in [3.05, 3.63) is 0 Å². The van der Waals surface area contributed by atoms with Gasteiger partial charge in [0.1, 0.15) is 0 Å². The van der Waals surface area contributed by atoms with Crippen LogP contribution in [0, 0.1) is 5.92 Å². The first-order valence-corrected chi connectivity index (χ1v) is 8.85. The molecule has 0 aliphatic rings. The minimum atomic E-state index is -0.740. The average Bonchev–Trinajstić information content (AvgIpc) is 2.49. The molecule has 0 radical (unpaired) electrons. The normalized spacial score (nSPS) is 11.0. The van der Waals surface area contributed by atoms with Crippen LogP contribution in [0.25, 0.3) is 0 Å². The number of aliphatic hydroxyl groups is 1. The fourth-order valence-electron chi connectivity index (χ4n) is 2.33. The molecule has 0 saturated heterocycles. The summed E-state index contributed by atoms with van der Waals surface area (Å²) in [4.78, 5) is 20.3. The number of unbranched alkanes of at least 4 members (excludes halogenated alkanes) is 5. The number of hydrogen-bond donors (Lipinski definition) is 3. The zero-order valence-corrected chi connectivity index (χ0v) is 15.3. The van der Waals surface area contributed by atoms with Crippen LogP contribution in [0.5, 0.6) is 0 Å². The highest BCUT2D eigenvalue weighted by atomic mass is 16.4. The minimum absolute atomic E-state index is 0.245. The Labute approximate surface area is 141 Å². The summed E-state index contributed by atoms with van der Waals surface area (Å²) in [7, 11) is 0. The van der Waals surface area contributed by atoms with E-state index >= 15 is 0 Å². The molecule has 0 fully saturated rings. The van der Waals surface area contributed by atoms with Crippen molar-refractivity contribution < 1.29 is 24.9 Å². The Morgan fingerprint density at radius 3 is 1.26 bits per heavy atom. The molecule has 0 atom stereocenters. The summed E-state index contributed by atoms with van der Waals surface area (Å²) in [6.07, 6.45) is 7.55. The molecule has 138 valence electrons. The Balaban J connectivity index is 0. The van der Waals surface area contributed by atoms with Gasteiger partial charge in [-0.25, -0.2) is 0 Å². The molecular formula is C18H36O5. The molecule has 0 aliphatic carbocycles. The van der Waals surface area contributed by atoms with Crippen molar-refractivity contribution in [2.75, 3.05) is 0 Å². The quantitative estimate of drug-likeness (QED) is 0.458. The Kier molecular flexibility index (Phi) is 15.2. The van der Waals surface area contributed by atoms with Crippen LogP contribution >= 0.6 is 0 Å². The first-order chi connectivity index (χ1) is 10.7. The van der Waals surface area contributed by atoms with Crippen LogP contribution in [0.4, 0.5) is 0 Å². The molecule has 5 heteroatoms. The molecule has 5 nitrogen and oxygen atoms in total. The number of carbonyl (C=O) groups is 2. The van der Waals surface area contributed by atoms with Crippen LogP contribution < -0.4 is 0 Å². The molecule has 3 N–H and O–H groups in total. The zero-order chi connectivity index (χ0) is 18.3. The summed E-state index contributed by atoms with van der Waals surface area (Å²) >= 11 is 0. The summed E-state index contributed by atoms with van der Waals surface area (Å²) in [6.45, 7) is 8.19. The third kappa shape index (κ3) is 15.6. The monoisotopic (exact) mass is 332 g/mol. The number of rotatable bonds is 12. The molecule has 23 heavy (non-hydrogen) atoms. The van der Waals surface area contributed by atoms with Crippen LogP contribution in [0.1, 0.15) is 91.9 Å². The van der Waals surface area contributed by atoms with Gasteiger partial charge in [-0.2, -0.15) is 0 Å². The fourth-order valence-corrected chi connectivity index (χ4v) is 2.33. The van der Waals surface area contributed by atoms with Gasteiger partial charge in [0.05, 0.1) is 5.60 Å². The van der Waals surface area contributed by atoms with E-state index in [2.05, 4.69) is 13.8 Å². The molecule has 0 rings (SSSR count). The van der Waals surface area contributed by atoms with E-state index in [9.17, 15) is 14.7 Å². The van der Waals surface area contributed by atoms with Crippen molar-refractivity contribution in [3.63, 3.8) is 0 Å². The first kappa shape index (κ1) is 24.2. The van der Waals surface area contributed by atoms with Crippen molar-refractivity contribution >= 4 is 11.9 Å². The molecule has 0 bridgehead atoms. The second-order valence-corrected chi connectivity index (χ2v) is 6.37. The Morgan fingerprint density at radius 2 is 1.09 bits per heavy atom. The van der Waals surface area contributed by atoms with Crippen LogP contribution in [-0.2, 0) is 9.59 Å². The number of carboxylic acid groups (broad SMARTS) is 2. The van der Waals surface area contributed by atoms with Crippen molar-refractivity contribution in [1.29, 1.82) is 0 Å². The number of aliphatic carboxylic acids is 2. The molecular weight excluding hydrogens is 296 g/mol. The van der Waals surface area contributed by atoms with Gasteiger partial charge in [-0.1, -0.05) is 53.4 Å². The molecule has 0 aromatic rings. The first-order valence-electron chi connectivity index (χ1n) is 8.85. The van der Waals surface area contributed by atoms with Gasteiger partial charge in [0.2, 0.25) is 0 Å². The summed E-state index contributed by atoms with van der Waals surface area (Å²) in [6, 6.07) is 0. The van der Waals surface area contributed by atoms with E-state index in [1.54, 1.807) is 0 Å². The van der Waals surface area contributed by atoms with Crippen LogP contribution in [0.2, 0.25) is 0 Å². The lowest BCUT2D eigenvalue weighted by Crippen LogP contribution is -2.32. The standard InChI is InChI=1S/C10H18O4.C8H18O/c11-9(12)7-5-3-1-2-4-6-8-10(13)14;1-5-8(9,6-2)7(3)4/h1-8H2,(H,11,12)(H,13,14);7,9H,5-6H2,1-4H3. The summed E-state index contributed by atoms with van der Waals surface area (Å²) < 4.78 is 0. The third-order valence-corrected chi connectivity index (χ3v) is 4.33. The lowest BCUT2D eigenvalue weighted by molar-refractivity contribution is -0.138. The van der Waals surface area contributed by atoms with Gasteiger partial charge in [-0.05, 0) is 31.6 Å². The smallest absolute Gasteiger partial charge is 0.303 e. The molecule has 0 aliphatic heterocycles. The molecule has 0 unspecified atom stereocenters. The highest BCUT2D eigenvalue weighted by molar-refractivity contribution is 5.66. The second-order valence-electron chi connectivity index (χ2n) is 6.37. The predicted molar refractivity (Wildman–Crippen MR) is 92.6 cm³/mol. The Bertz CT molecular complexity index is 289. The molecule has 0 saturated carbocycles. The van der Waals surface area contributed by atoms with E-state index < -0.39 is 17.5 Å². The maximum Gasteiger partial charge on any atom is 0.303 e. The molecule has 0 aromatic heterocycles. The Morgan fingerprint density at radius 1 is 0.783 bits per heavy atom. The van der Waals surface area contributed by atoms with Gasteiger partial charge in [-0.15, -0.1) is 0 Å². The lowest BCUT2D eigenvalue weighted by Gasteiger charge is -2.29. The van der Waals surface area contributed by atoms with Crippen molar-refractivity contribution in [3.8, 4) is 0 Å². The average molecular weight is 332 g/mol. The largest absolute Gasteiger partial charge is 0.481 e. The molecule has 0 aromatic carbocycles. The number of hydrogen-bond acceptors (Lipinski definition) is 3. The van der Waals surface area contributed by atoms with Crippen LogP contribution in [0.15, 0.2) is 0 Å². The predicted octanol–water partition coefficient (Wildman–Crippen LogP) is 4.47. The van der Waals surface area contributed by atoms with E-state index in [1.807, 2.05) is 13.8 Å².